The topological polar surface area (TPSA) is 80.8 Å². The van der Waals surface area contributed by atoms with E-state index in [-0.39, 0.29) is 47.5 Å². The number of ether oxygens (including phenoxy) is 1. The Hall–Kier alpha value is -2.76. The molecular weight excluding hydrogens is 358 g/mol. The number of esters is 1. The van der Waals surface area contributed by atoms with Crippen molar-refractivity contribution in [2.45, 2.75) is 34.1 Å². The third-order valence-electron chi connectivity index (χ3n) is 5.38. The van der Waals surface area contributed by atoms with Gasteiger partial charge in [0.15, 0.2) is 12.4 Å². The molecule has 1 aromatic rings. The summed E-state index contributed by atoms with van der Waals surface area (Å²) < 4.78 is 5.11. The van der Waals surface area contributed by atoms with E-state index in [1.54, 1.807) is 32.9 Å². The van der Waals surface area contributed by atoms with Crippen LogP contribution in [0.3, 0.4) is 0 Å². The van der Waals surface area contributed by atoms with Crippen LogP contribution in [-0.2, 0) is 19.1 Å². The molecule has 0 aromatic heterocycles. The molecule has 1 saturated heterocycles. The van der Waals surface area contributed by atoms with Gasteiger partial charge in [-0.1, -0.05) is 45.9 Å². The molecule has 6 heteroatoms. The summed E-state index contributed by atoms with van der Waals surface area (Å²) in [5, 5.41) is 0. The lowest BCUT2D eigenvalue weighted by Crippen LogP contribution is -2.31. The normalized spacial score (nSPS) is 24.3. The number of carbonyl (C=O) groups is 4. The number of allylic oxidation sites excluding steroid dienone is 2. The first kappa shape index (κ1) is 20.0. The molecule has 2 aliphatic rings. The highest BCUT2D eigenvalue weighted by Crippen LogP contribution is 2.40. The van der Waals surface area contributed by atoms with Gasteiger partial charge in [-0.15, -0.1) is 0 Å². The lowest BCUT2D eigenvalue weighted by Gasteiger charge is -2.22. The molecule has 3 atom stereocenters. The molecule has 1 heterocycles. The Balaban J connectivity index is 1.78. The number of rotatable bonds is 4. The Morgan fingerprint density at radius 3 is 2.54 bits per heavy atom. The number of amides is 2. The number of nitrogens with zero attached hydrogens (tertiary/aromatic N) is 1. The first-order chi connectivity index (χ1) is 13.1. The van der Waals surface area contributed by atoms with E-state index in [2.05, 4.69) is 0 Å². The Labute approximate surface area is 164 Å². The van der Waals surface area contributed by atoms with Crippen LogP contribution in [0.1, 0.15) is 44.5 Å². The van der Waals surface area contributed by atoms with E-state index in [4.69, 9.17) is 4.74 Å². The first-order valence-corrected chi connectivity index (χ1v) is 9.46. The fraction of sp³-hybridized carbons (Fsp3) is 0.455. The van der Waals surface area contributed by atoms with Gasteiger partial charge in [-0.05, 0) is 30.5 Å². The zero-order chi connectivity index (χ0) is 20.6. The summed E-state index contributed by atoms with van der Waals surface area (Å²) in [6, 6.07) is 6.23. The molecule has 1 aliphatic carbocycles. The number of anilines is 1. The maximum Gasteiger partial charge on any atom is 0.338 e. The Morgan fingerprint density at radius 1 is 1.18 bits per heavy atom. The van der Waals surface area contributed by atoms with E-state index < -0.39 is 11.4 Å². The van der Waals surface area contributed by atoms with Gasteiger partial charge in [-0.2, -0.15) is 0 Å². The number of hydrogen-bond donors (Lipinski definition) is 0. The molecule has 0 spiro atoms. The van der Waals surface area contributed by atoms with Crippen LogP contribution in [0.25, 0.3) is 0 Å². The molecule has 2 amide bonds. The van der Waals surface area contributed by atoms with E-state index >= 15 is 0 Å². The predicted octanol–water partition coefficient (Wildman–Crippen LogP) is 3.16. The maximum absolute atomic E-state index is 12.9. The smallest absolute Gasteiger partial charge is 0.338 e. The van der Waals surface area contributed by atoms with E-state index in [0.717, 1.165) is 0 Å². The lowest BCUT2D eigenvalue weighted by molar-refractivity contribution is -0.129. The Kier molecular flexibility index (Phi) is 5.24. The van der Waals surface area contributed by atoms with Gasteiger partial charge in [0, 0.05) is 5.41 Å². The van der Waals surface area contributed by atoms with Crippen LogP contribution in [0.4, 0.5) is 5.69 Å². The zero-order valence-corrected chi connectivity index (χ0v) is 16.6. The fourth-order valence-electron chi connectivity index (χ4n) is 3.60. The average Bonchev–Trinajstić information content (AvgIpc) is 2.90. The summed E-state index contributed by atoms with van der Waals surface area (Å²) in [6.07, 6.45) is 4.46. The molecule has 0 N–H and O–H groups in total. The average molecular weight is 383 g/mol. The van der Waals surface area contributed by atoms with Crippen LogP contribution >= 0.6 is 0 Å². The summed E-state index contributed by atoms with van der Waals surface area (Å²) in [7, 11) is 0. The molecule has 0 unspecified atom stereocenters. The summed E-state index contributed by atoms with van der Waals surface area (Å²) in [5.74, 6) is -2.04. The molecule has 1 aliphatic heterocycles. The minimum atomic E-state index is -0.661. The summed E-state index contributed by atoms with van der Waals surface area (Å²) in [4.78, 5) is 51.2. The van der Waals surface area contributed by atoms with Gasteiger partial charge in [0.25, 0.3) is 0 Å². The van der Waals surface area contributed by atoms with Crippen LogP contribution in [0.5, 0.6) is 0 Å². The summed E-state index contributed by atoms with van der Waals surface area (Å²) in [5.41, 5.74) is -0.0496. The van der Waals surface area contributed by atoms with Crippen LogP contribution < -0.4 is 4.90 Å². The second kappa shape index (κ2) is 7.34. The van der Waals surface area contributed by atoms with Gasteiger partial charge >= 0.3 is 5.97 Å². The van der Waals surface area contributed by atoms with Crippen molar-refractivity contribution in [2.24, 2.45) is 23.2 Å². The van der Waals surface area contributed by atoms with Crippen molar-refractivity contribution >= 4 is 29.3 Å². The van der Waals surface area contributed by atoms with E-state index in [0.29, 0.717) is 12.1 Å². The molecule has 0 radical (unpaired) electrons. The third-order valence-corrected chi connectivity index (χ3v) is 5.38. The van der Waals surface area contributed by atoms with Gasteiger partial charge < -0.3 is 4.74 Å². The number of carbonyl (C=O) groups excluding carboxylic acids is 4. The van der Waals surface area contributed by atoms with Crippen molar-refractivity contribution in [2.75, 3.05) is 11.5 Å². The molecule has 1 aromatic carbocycles. The number of fused-ring (bicyclic) bond motifs is 1. The molecular formula is C22H25NO5. The molecule has 3 rings (SSSR count). The third kappa shape index (κ3) is 3.63. The predicted molar refractivity (Wildman–Crippen MR) is 104 cm³/mol. The number of imide groups is 1. The standard InChI is InChI=1S/C22H25NO5/c1-13-7-5-10-16-18(13)20(26)23(19(16)25)15-9-6-8-14(11-15)21(27)28-12-17(24)22(2,3)4/h5-9,11,13,16,18H,10,12H2,1-4H3/t13-,16-,18+/m0/s1. The van der Waals surface area contributed by atoms with E-state index in [1.165, 1.54) is 17.0 Å². The number of Topliss-reactive ketones (excluding diaryl/α,β-unsaturated/α-hetero) is 1. The van der Waals surface area contributed by atoms with Crippen molar-refractivity contribution < 1.29 is 23.9 Å². The maximum atomic E-state index is 12.9. The molecule has 148 valence electrons. The summed E-state index contributed by atoms with van der Waals surface area (Å²) >= 11 is 0. The van der Waals surface area contributed by atoms with Crippen molar-refractivity contribution in [3.63, 3.8) is 0 Å². The molecule has 0 saturated carbocycles. The first-order valence-electron chi connectivity index (χ1n) is 9.46. The van der Waals surface area contributed by atoms with Crippen LogP contribution in [0.2, 0.25) is 0 Å². The minimum Gasteiger partial charge on any atom is -0.454 e. The molecule has 0 bridgehead atoms. The van der Waals surface area contributed by atoms with E-state index in [1.807, 2.05) is 19.1 Å². The second-order valence-electron chi connectivity index (χ2n) is 8.47. The monoisotopic (exact) mass is 383 g/mol. The molecule has 28 heavy (non-hydrogen) atoms. The van der Waals surface area contributed by atoms with Gasteiger partial charge in [-0.25, -0.2) is 4.79 Å². The van der Waals surface area contributed by atoms with Crippen LogP contribution in [0, 0.1) is 23.2 Å². The number of hydrogen-bond acceptors (Lipinski definition) is 5. The van der Waals surface area contributed by atoms with Crippen molar-refractivity contribution in [1.82, 2.24) is 0 Å². The van der Waals surface area contributed by atoms with Crippen LogP contribution in [0.15, 0.2) is 36.4 Å². The van der Waals surface area contributed by atoms with Gasteiger partial charge in [0.05, 0.1) is 23.1 Å². The van der Waals surface area contributed by atoms with Crippen molar-refractivity contribution in [3.8, 4) is 0 Å². The lowest BCUT2D eigenvalue weighted by atomic mass is 9.78. The number of benzene rings is 1. The SMILES string of the molecule is C[C@H]1C=CC[C@@H]2C(=O)N(c3cccc(C(=O)OCC(=O)C(C)(C)C)c3)C(=O)[C@@H]21. The molecule has 1 fully saturated rings. The highest BCUT2D eigenvalue weighted by Gasteiger charge is 2.50. The molecule has 6 nitrogen and oxygen atoms in total. The minimum absolute atomic E-state index is 0.00300. The van der Waals surface area contributed by atoms with Crippen LogP contribution in [-0.4, -0.2) is 30.2 Å². The van der Waals surface area contributed by atoms with Gasteiger partial charge in [0.1, 0.15) is 0 Å². The van der Waals surface area contributed by atoms with Gasteiger partial charge in [-0.3, -0.25) is 19.3 Å². The fourth-order valence-corrected chi connectivity index (χ4v) is 3.60. The largest absolute Gasteiger partial charge is 0.454 e. The van der Waals surface area contributed by atoms with Crippen molar-refractivity contribution in [1.29, 1.82) is 0 Å². The Morgan fingerprint density at radius 2 is 1.89 bits per heavy atom. The van der Waals surface area contributed by atoms with Gasteiger partial charge in [0.2, 0.25) is 11.8 Å². The quantitative estimate of drug-likeness (QED) is 0.453. The highest BCUT2D eigenvalue weighted by atomic mass is 16.5. The Bertz CT molecular complexity index is 864. The summed E-state index contributed by atoms with van der Waals surface area (Å²) in [6.45, 7) is 6.88. The highest BCUT2D eigenvalue weighted by molar-refractivity contribution is 6.22. The second-order valence-corrected chi connectivity index (χ2v) is 8.47. The van der Waals surface area contributed by atoms with Crippen molar-refractivity contribution in [3.05, 3.63) is 42.0 Å². The van der Waals surface area contributed by atoms with E-state index in [9.17, 15) is 19.2 Å². The zero-order valence-electron chi connectivity index (χ0n) is 16.6. The number of ketones is 1.